The lowest BCUT2D eigenvalue weighted by molar-refractivity contribution is 0.0674. The third kappa shape index (κ3) is 3.64. The Kier molecular flexibility index (Phi) is 4.15. The van der Waals surface area contributed by atoms with Crippen LogP contribution in [0, 0.1) is 0 Å². The van der Waals surface area contributed by atoms with E-state index in [4.69, 9.17) is 9.79 Å². The van der Waals surface area contributed by atoms with E-state index in [9.17, 15) is 9.36 Å². The topological polar surface area (TPSA) is 83.8 Å². The van der Waals surface area contributed by atoms with E-state index in [0.717, 1.165) is 4.90 Å². The summed E-state index contributed by atoms with van der Waals surface area (Å²) in [4.78, 5) is 29.3. The van der Waals surface area contributed by atoms with Gasteiger partial charge < -0.3 is 4.52 Å². The summed E-state index contributed by atoms with van der Waals surface area (Å²) in [6.07, 6.45) is 3.81. The Balaban J connectivity index is 3.04. The molecule has 5 nitrogen and oxygen atoms in total. The zero-order chi connectivity index (χ0) is 12.3. The highest BCUT2D eigenvalue weighted by Gasteiger charge is 2.27. The van der Waals surface area contributed by atoms with Gasteiger partial charge in [0.05, 0.1) is 0 Å². The Morgan fingerprint density at radius 3 is 2.38 bits per heavy atom. The van der Waals surface area contributed by atoms with Crippen LogP contribution in [-0.2, 0) is 20.0 Å². The quantitative estimate of drug-likeness (QED) is 0.631. The fraction of sp³-hybridized carbons (Fsp3) is 0.222. The Bertz CT molecular complexity index is 439. The molecule has 0 radical (unpaired) electrons. The second-order valence-corrected chi connectivity index (χ2v) is 6.42. The maximum atomic E-state index is 11.5. The summed E-state index contributed by atoms with van der Waals surface area (Å²) in [5, 5.41) is 0. The minimum absolute atomic E-state index is 0.193. The molecule has 7 heteroatoms. The van der Waals surface area contributed by atoms with Crippen molar-refractivity contribution >= 4 is 24.7 Å². The highest BCUT2D eigenvalue weighted by molar-refractivity contribution is 7.95. The smallest absolute Gasteiger partial charge is 0.367 e. The molecule has 0 aliphatic rings. The van der Waals surface area contributed by atoms with E-state index in [1.54, 1.807) is 18.2 Å². The van der Waals surface area contributed by atoms with Crippen molar-refractivity contribution in [1.82, 2.24) is 0 Å². The van der Waals surface area contributed by atoms with Gasteiger partial charge in [-0.3, -0.25) is 9.79 Å². The molecule has 1 aromatic rings. The lowest BCUT2D eigenvalue weighted by Crippen LogP contribution is -2.09. The monoisotopic (exact) mass is 263 g/mol. The largest absolute Gasteiger partial charge is 0.527 e. The van der Waals surface area contributed by atoms with Crippen LogP contribution >= 0.6 is 7.82 Å². The highest BCUT2D eigenvalue weighted by Crippen LogP contribution is 2.37. The summed E-state index contributed by atoms with van der Waals surface area (Å²) in [7, 11) is -4.98. The summed E-state index contributed by atoms with van der Waals surface area (Å²) < 4.78 is 14.6. The maximum Gasteiger partial charge on any atom is 0.527 e. The molecule has 0 bridgehead atoms. The number of phosphoric ester groups is 1. The second kappa shape index (κ2) is 5.01. The Morgan fingerprint density at radius 1 is 1.31 bits per heavy atom. The molecule has 0 atom stereocenters. The Labute approximate surface area is 96.0 Å². The van der Waals surface area contributed by atoms with Gasteiger partial charge in [-0.05, 0) is 12.1 Å². The van der Waals surface area contributed by atoms with Crippen LogP contribution in [0.5, 0.6) is 0 Å². The first-order valence-electron chi connectivity index (χ1n) is 4.27. The van der Waals surface area contributed by atoms with Crippen molar-refractivity contribution in [2.45, 2.75) is 4.90 Å². The van der Waals surface area contributed by atoms with Crippen LogP contribution in [0.25, 0.3) is 0 Å². The van der Waals surface area contributed by atoms with Gasteiger partial charge in [-0.1, -0.05) is 12.1 Å². The van der Waals surface area contributed by atoms with Crippen LogP contribution in [0.3, 0.4) is 0 Å². The molecule has 0 unspecified atom stereocenters. The predicted molar refractivity (Wildman–Crippen MR) is 61.4 cm³/mol. The number of benzene rings is 1. The van der Waals surface area contributed by atoms with Gasteiger partial charge in [0.1, 0.15) is 18.1 Å². The van der Waals surface area contributed by atoms with E-state index in [1.165, 1.54) is 6.07 Å². The number of phosphoric acid groups is 1. The molecule has 0 amide bonds. The summed E-state index contributed by atoms with van der Waals surface area (Å²) >= 11 is 0. The first-order valence-corrected chi connectivity index (χ1v) is 7.84. The minimum Gasteiger partial charge on any atom is -0.367 e. The number of carbonyl (C=O) groups excluding carboxylic acids is 1. The standard InChI is InChI=1S/C9H11O5PS/c1-16(2)8-6-4-3-5-7(8)9(10)14-15(11,12)13/h3-6H,1-2H3,(H-,11,12,13)/p+1. The molecule has 0 aliphatic carbocycles. The Morgan fingerprint density at radius 2 is 1.88 bits per heavy atom. The van der Waals surface area contributed by atoms with Crippen LogP contribution in [0.15, 0.2) is 29.2 Å². The van der Waals surface area contributed by atoms with Gasteiger partial charge in [0.15, 0.2) is 4.90 Å². The van der Waals surface area contributed by atoms with Gasteiger partial charge in [-0.25, -0.2) is 9.36 Å². The summed E-state index contributed by atoms with van der Waals surface area (Å²) in [6, 6.07) is 6.60. The van der Waals surface area contributed by atoms with Crippen LogP contribution < -0.4 is 0 Å². The SMILES string of the molecule is C[S+](C)c1ccccc1C(=O)OP(=O)(O)O. The van der Waals surface area contributed by atoms with Gasteiger partial charge in [-0.15, -0.1) is 0 Å². The molecule has 0 heterocycles. The van der Waals surface area contributed by atoms with Crippen LogP contribution in [0.2, 0.25) is 0 Å². The van der Waals surface area contributed by atoms with E-state index in [1.807, 2.05) is 12.5 Å². The van der Waals surface area contributed by atoms with E-state index in [0.29, 0.717) is 0 Å². The first-order chi connectivity index (χ1) is 7.31. The average Bonchev–Trinajstić information content (AvgIpc) is 2.15. The molecule has 0 aromatic heterocycles. The normalized spacial score (nSPS) is 11.6. The number of rotatable bonds is 3. The molecule has 1 aromatic carbocycles. The average molecular weight is 263 g/mol. The molecular weight excluding hydrogens is 251 g/mol. The number of carbonyl (C=O) groups is 1. The molecule has 0 spiro atoms. The zero-order valence-corrected chi connectivity index (χ0v) is 10.5. The zero-order valence-electron chi connectivity index (χ0n) is 8.78. The fourth-order valence-corrected chi connectivity index (χ4v) is 2.40. The molecule has 0 saturated heterocycles. The van der Waals surface area contributed by atoms with Crippen LogP contribution in [0.1, 0.15) is 10.4 Å². The molecule has 1 rings (SSSR count). The molecular formula is C9H12O5PS+. The molecule has 0 fully saturated rings. The maximum absolute atomic E-state index is 11.5. The minimum atomic E-state index is -4.78. The molecule has 0 aliphatic heterocycles. The van der Waals surface area contributed by atoms with Crippen molar-refractivity contribution in [2.24, 2.45) is 0 Å². The Hall–Kier alpha value is -0.810. The summed E-state index contributed by atoms with van der Waals surface area (Å²) in [5.41, 5.74) is 0.194. The van der Waals surface area contributed by atoms with Crippen molar-refractivity contribution < 1.29 is 23.7 Å². The molecule has 0 saturated carbocycles. The van der Waals surface area contributed by atoms with E-state index in [-0.39, 0.29) is 16.5 Å². The van der Waals surface area contributed by atoms with Crippen LogP contribution in [-0.4, -0.2) is 28.3 Å². The molecule has 2 N–H and O–H groups in total. The van der Waals surface area contributed by atoms with Gasteiger partial charge in [0.2, 0.25) is 0 Å². The lowest BCUT2D eigenvalue weighted by atomic mass is 10.2. The third-order valence-electron chi connectivity index (χ3n) is 1.75. The van der Waals surface area contributed by atoms with Crippen molar-refractivity contribution in [2.75, 3.05) is 12.5 Å². The van der Waals surface area contributed by atoms with Crippen molar-refractivity contribution in [3.8, 4) is 0 Å². The van der Waals surface area contributed by atoms with Crippen molar-refractivity contribution in [3.63, 3.8) is 0 Å². The molecule has 16 heavy (non-hydrogen) atoms. The first kappa shape index (κ1) is 13.3. The fourth-order valence-electron chi connectivity index (χ4n) is 1.15. The second-order valence-electron chi connectivity index (χ2n) is 3.18. The van der Waals surface area contributed by atoms with Crippen molar-refractivity contribution in [1.29, 1.82) is 0 Å². The van der Waals surface area contributed by atoms with E-state index >= 15 is 0 Å². The van der Waals surface area contributed by atoms with Gasteiger partial charge in [-0.2, -0.15) is 0 Å². The van der Waals surface area contributed by atoms with Gasteiger partial charge >= 0.3 is 13.8 Å². The molecule has 88 valence electrons. The summed E-state index contributed by atoms with van der Waals surface area (Å²) in [6.45, 7) is 0. The number of hydrogen-bond acceptors (Lipinski definition) is 3. The summed E-state index contributed by atoms with van der Waals surface area (Å²) in [5.74, 6) is -0.995. The number of hydrogen-bond donors (Lipinski definition) is 2. The van der Waals surface area contributed by atoms with Crippen molar-refractivity contribution in [3.05, 3.63) is 29.8 Å². The lowest BCUT2D eigenvalue weighted by Gasteiger charge is -2.07. The van der Waals surface area contributed by atoms with E-state index in [2.05, 4.69) is 4.52 Å². The van der Waals surface area contributed by atoms with Crippen LogP contribution in [0.4, 0.5) is 0 Å². The van der Waals surface area contributed by atoms with E-state index < -0.39 is 13.8 Å². The third-order valence-corrected chi connectivity index (χ3v) is 3.39. The predicted octanol–water partition coefficient (Wildman–Crippen LogP) is 1.17. The highest BCUT2D eigenvalue weighted by atomic mass is 32.2. The van der Waals surface area contributed by atoms with Gasteiger partial charge in [0, 0.05) is 10.9 Å². The van der Waals surface area contributed by atoms with Gasteiger partial charge in [0.25, 0.3) is 0 Å².